The van der Waals surface area contributed by atoms with Crippen LogP contribution in [0.3, 0.4) is 0 Å². The second-order valence-electron chi connectivity index (χ2n) is 6.84. The summed E-state index contributed by atoms with van der Waals surface area (Å²) in [5, 5.41) is 28.7. The van der Waals surface area contributed by atoms with Crippen LogP contribution in [0, 0.1) is 11.8 Å². The molecular weight excluding hydrogens is 344 g/mol. The van der Waals surface area contributed by atoms with Gasteiger partial charge >= 0.3 is 5.97 Å². The number of carboxylic acid groups (broad SMARTS) is 1. The van der Waals surface area contributed by atoms with E-state index >= 15 is 0 Å². The van der Waals surface area contributed by atoms with Crippen molar-refractivity contribution in [1.29, 1.82) is 0 Å². The van der Waals surface area contributed by atoms with Crippen molar-refractivity contribution in [2.24, 2.45) is 11.8 Å². The van der Waals surface area contributed by atoms with Crippen LogP contribution in [-0.4, -0.2) is 39.3 Å². The summed E-state index contributed by atoms with van der Waals surface area (Å²) in [7, 11) is 0. The lowest BCUT2D eigenvalue weighted by Gasteiger charge is -2.16. The van der Waals surface area contributed by atoms with Crippen LogP contribution in [0.2, 0.25) is 0 Å². The molecule has 1 fully saturated rings. The van der Waals surface area contributed by atoms with Crippen molar-refractivity contribution in [1.82, 2.24) is 0 Å². The molecule has 0 heterocycles. The summed E-state index contributed by atoms with van der Waals surface area (Å²) in [4.78, 5) is 22.6. The molecule has 4 atom stereocenters. The van der Waals surface area contributed by atoms with Gasteiger partial charge in [-0.15, -0.1) is 0 Å². The van der Waals surface area contributed by atoms with Crippen LogP contribution in [0.5, 0.6) is 0 Å². The van der Waals surface area contributed by atoms with Crippen molar-refractivity contribution in [2.45, 2.75) is 64.1 Å². The number of carbonyl (C=O) groups excluding carboxylic acids is 1. The Labute approximate surface area is 161 Å². The molecule has 1 rings (SSSR count). The van der Waals surface area contributed by atoms with Crippen LogP contribution in [0.1, 0.15) is 51.9 Å². The van der Waals surface area contributed by atoms with E-state index in [0.29, 0.717) is 19.3 Å². The average Bonchev–Trinajstić information content (AvgIpc) is 2.88. The summed E-state index contributed by atoms with van der Waals surface area (Å²) < 4.78 is 0. The molecule has 1 saturated carbocycles. The molecule has 0 amide bonds. The maximum absolute atomic E-state index is 12.1. The Kier molecular flexibility index (Phi) is 11.3. The SMILES string of the molecule is CC/C=C\C/C=C\C[C@H]1[C@@H](O)CC(=O)[C@@H]1/C=C/[C@@H](O)C/C=C\CCC(=O)O. The van der Waals surface area contributed by atoms with Crippen LogP contribution in [0.15, 0.2) is 48.6 Å². The van der Waals surface area contributed by atoms with Gasteiger partial charge in [0, 0.05) is 24.7 Å². The van der Waals surface area contributed by atoms with E-state index in [4.69, 9.17) is 5.11 Å². The van der Waals surface area contributed by atoms with E-state index in [1.807, 2.05) is 12.2 Å². The smallest absolute Gasteiger partial charge is 0.303 e. The third kappa shape index (κ3) is 9.50. The number of aliphatic carboxylic acids is 1. The molecule has 0 aliphatic heterocycles. The lowest BCUT2D eigenvalue weighted by molar-refractivity contribution is -0.136. The Bertz CT molecular complexity index is 573. The Morgan fingerprint density at radius 3 is 2.63 bits per heavy atom. The summed E-state index contributed by atoms with van der Waals surface area (Å²) in [6, 6.07) is 0. The van der Waals surface area contributed by atoms with Crippen molar-refractivity contribution in [3.05, 3.63) is 48.6 Å². The van der Waals surface area contributed by atoms with Gasteiger partial charge in [0.15, 0.2) is 0 Å². The minimum Gasteiger partial charge on any atom is -0.481 e. The van der Waals surface area contributed by atoms with E-state index in [-0.39, 0.29) is 30.5 Å². The molecule has 0 radical (unpaired) electrons. The monoisotopic (exact) mass is 376 g/mol. The van der Waals surface area contributed by atoms with Gasteiger partial charge in [-0.05, 0) is 32.1 Å². The average molecular weight is 376 g/mol. The quantitative estimate of drug-likeness (QED) is 0.453. The van der Waals surface area contributed by atoms with Gasteiger partial charge in [-0.2, -0.15) is 0 Å². The Hall–Kier alpha value is -1.98. The van der Waals surface area contributed by atoms with Gasteiger partial charge in [-0.25, -0.2) is 0 Å². The van der Waals surface area contributed by atoms with Crippen molar-refractivity contribution in [3.8, 4) is 0 Å². The number of hydrogen-bond donors (Lipinski definition) is 3. The lowest BCUT2D eigenvalue weighted by atomic mass is 9.90. The van der Waals surface area contributed by atoms with Crippen LogP contribution >= 0.6 is 0 Å². The molecule has 0 bridgehead atoms. The predicted molar refractivity (Wildman–Crippen MR) is 106 cm³/mol. The van der Waals surface area contributed by atoms with E-state index in [1.165, 1.54) is 0 Å². The zero-order valence-electron chi connectivity index (χ0n) is 16.0. The fourth-order valence-electron chi connectivity index (χ4n) is 3.10. The lowest BCUT2D eigenvalue weighted by Crippen LogP contribution is -2.19. The second kappa shape index (κ2) is 13.2. The minimum atomic E-state index is -0.847. The second-order valence-corrected chi connectivity index (χ2v) is 6.84. The predicted octanol–water partition coefficient (Wildman–Crippen LogP) is 3.58. The molecule has 0 aromatic carbocycles. The maximum Gasteiger partial charge on any atom is 0.303 e. The fraction of sp³-hybridized carbons (Fsp3) is 0.545. The first-order chi connectivity index (χ1) is 13.0. The number of aliphatic hydroxyl groups excluding tert-OH is 2. The molecule has 0 spiro atoms. The summed E-state index contributed by atoms with van der Waals surface area (Å²) in [6.07, 6.45) is 17.2. The zero-order valence-corrected chi connectivity index (χ0v) is 16.0. The number of allylic oxidation sites excluding steroid dienone is 6. The standard InChI is InChI=1S/C22H32O5/c1-2-3-4-5-6-9-12-18-19(21(25)16-20(18)24)15-14-17(23)11-8-7-10-13-22(26)27/h3-4,6-9,14-15,17-20,23-24H,2,5,10-13,16H2,1H3,(H,26,27)/b4-3-,8-7-,9-6-,15-14+/t17-,18+,19+,20-/m0/s1. The zero-order chi connectivity index (χ0) is 20.1. The Morgan fingerprint density at radius 1 is 1.19 bits per heavy atom. The molecule has 0 saturated heterocycles. The first-order valence-electron chi connectivity index (χ1n) is 9.69. The molecular formula is C22H32O5. The molecule has 1 aliphatic carbocycles. The highest BCUT2D eigenvalue weighted by Gasteiger charge is 2.39. The van der Waals surface area contributed by atoms with Crippen molar-refractivity contribution in [2.75, 3.05) is 0 Å². The fourth-order valence-corrected chi connectivity index (χ4v) is 3.10. The van der Waals surface area contributed by atoms with Crippen molar-refractivity contribution in [3.63, 3.8) is 0 Å². The van der Waals surface area contributed by atoms with Gasteiger partial charge in [0.05, 0.1) is 12.2 Å². The highest BCUT2D eigenvalue weighted by molar-refractivity contribution is 5.86. The number of carboxylic acids is 1. The molecule has 0 aromatic heterocycles. The van der Waals surface area contributed by atoms with Gasteiger partial charge in [-0.3, -0.25) is 9.59 Å². The largest absolute Gasteiger partial charge is 0.481 e. The maximum atomic E-state index is 12.1. The molecule has 5 heteroatoms. The molecule has 27 heavy (non-hydrogen) atoms. The number of ketones is 1. The summed E-state index contributed by atoms with van der Waals surface area (Å²) in [5.74, 6) is -1.37. The van der Waals surface area contributed by atoms with Crippen LogP contribution in [-0.2, 0) is 9.59 Å². The summed E-state index contributed by atoms with van der Waals surface area (Å²) >= 11 is 0. The Balaban J connectivity index is 2.50. The summed E-state index contributed by atoms with van der Waals surface area (Å²) in [5.41, 5.74) is 0. The van der Waals surface area contributed by atoms with Crippen LogP contribution < -0.4 is 0 Å². The minimum absolute atomic E-state index is 0.00669. The number of aliphatic hydroxyl groups is 2. The third-order valence-electron chi connectivity index (χ3n) is 4.60. The summed E-state index contributed by atoms with van der Waals surface area (Å²) in [6.45, 7) is 2.08. The van der Waals surface area contributed by atoms with E-state index in [9.17, 15) is 19.8 Å². The van der Waals surface area contributed by atoms with E-state index < -0.39 is 18.2 Å². The van der Waals surface area contributed by atoms with Gasteiger partial charge in [-0.1, -0.05) is 55.5 Å². The normalized spacial score (nSPS) is 24.9. The Morgan fingerprint density at radius 2 is 1.93 bits per heavy atom. The molecule has 0 aromatic rings. The number of Topliss-reactive ketones (excluding diaryl/α,β-unsaturated/α-hetero) is 1. The van der Waals surface area contributed by atoms with Crippen LogP contribution in [0.25, 0.3) is 0 Å². The van der Waals surface area contributed by atoms with Gasteiger partial charge < -0.3 is 15.3 Å². The van der Waals surface area contributed by atoms with Crippen molar-refractivity contribution < 1.29 is 24.9 Å². The first-order valence-corrected chi connectivity index (χ1v) is 9.69. The first kappa shape index (κ1) is 23.1. The molecule has 150 valence electrons. The molecule has 5 nitrogen and oxygen atoms in total. The topological polar surface area (TPSA) is 94.8 Å². The van der Waals surface area contributed by atoms with E-state index in [0.717, 1.165) is 12.8 Å². The number of carbonyl (C=O) groups is 2. The van der Waals surface area contributed by atoms with Gasteiger partial charge in [0.1, 0.15) is 5.78 Å². The number of rotatable bonds is 12. The molecule has 3 N–H and O–H groups in total. The van der Waals surface area contributed by atoms with E-state index in [1.54, 1.807) is 24.3 Å². The van der Waals surface area contributed by atoms with Crippen LogP contribution in [0.4, 0.5) is 0 Å². The highest BCUT2D eigenvalue weighted by Crippen LogP contribution is 2.33. The van der Waals surface area contributed by atoms with Gasteiger partial charge in [0.25, 0.3) is 0 Å². The van der Waals surface area contributed by atoms with Crippen molar-refractivity contribution >= 4 is 11.8 Å². The molecule has 0 unspecified atom stereocenters. The molecule has 1 aliphatic rings. The third-order valence-corrected chi connectivity index (χ3v) is 4.60. The van der Waals surface area contributed by atoms with Gasteiger partial charge in [0.2, 0.25) is 0 Å². The highest BCUT2D eigenvalue weighted by atomic mass is 16.4. The van der Waals surface area contributed by atoms with E-state index in [2.05, 4.69) is 19.1 Å². The number of hydrogen-bond acceptors (Lipinski definition) is 4.